The van der Waals surface area contributed by atoms with E-state index in [4.69, 9.17) is 27.9 Å². The van der Waals surface area contributed by atoms with E-state index in [0.29, 0.717) is 5.75 Å². The molecule has 0 atom stereocenters. The van der Waals surface area contributed by atoms with Crippen LogP contribution >= 0.6 is 23.2 Å². The molecular formula is C20H17Cl2N5O4. The molecule has 2 aromatic heterocycles. The zero-order valence-electron chi connectivity index (χ0n) is 16.7. The number of amides is 1. The van der Waals surface area contributed by atoms with Crippen molar-refractivity contribution in [2.75, 3.05) is 5.32 Å². The van der Waals surface area contributed by atoms with Gasteiger partial charge in [0.2, 0.25) is 5.82 Å². The molecule has 4 rings (SSSR count). The highest BCUT2D eigenvalue weighted by Crippen LogP contribution is 2.39. The first kappa shape index (κ1) is 21.0. The van der Waals surface area contributed by atoms with Crippen LogP contribution in [0.5, 0.6) is 11.5 Å². The van der Waals surface area contributed by atoms with Crippen LogP contribution in [0.4, 0.5) is 5.69 Å². The standard InChI is InChI=1S/C20H17Cl2N5O4/c1-20(2,3)27-9-23-14-5-4-11(8-15(14)27)30-16-12(21)6-10(7-13(16)22)24-18(28)17-25-19(29)31-26-17/h4-9H,1-3H3,(H,24,28)(H,25,26,29). The molecule has 2 N–H and O–H groups in total. The van der Waals surface area contributed by atoms with Crippen molar-refractivity contribution in [3.8, 4) is 11.5 Å². The number of aromatic nitrogens is 4. The van der Waals surface area contributed by atoms with Gasteiger partial charge in [-0.2, -0.15) is 0 Å². The van der Waals surface area contributed by atoms with Crippen LogP contribution in [0, 0.1) is 0 Å². The molecule has 0 aliphatic rings. The number of hydrogen-bond acceptors (Lipinski definition) is 6. The molecule has 160 valence electrons. The largest absolute Gasteiger partial charge is 0.454 e. The maximum Gasteiger partial charge on any atom is 0.439 e. The fourth-order valence-corrected chi connectivity index (χ4v) is 3.52. The maximum absolute atomic E-state index is 12.1. The summed E-state index contributed by atoms with van der Waals surface area (Å²) in [5, 5.41) is 6.21. The van der Waals surface area contributed by atoms with Gasteiger partial charge in [0.05, 0.1) is 27.4 Å². The van der Waals surface area contributed by atoms with Crippen LogP contribution in [0.15, 0.2) is 46.0 Å². The Morgan fingerprint density at radius 1 is 1.19 bits per heavy atom. The van der Waals surface area contributed by atoms with Crippen LogP contribution in [-0.2, 0) is 5.54 Å². The molecule has 9 nitrogen and oxygen atoms in total. The molecule has 31 heavy (non-hydrogen) atoms. The fraction of sp³-hybridized carbons (Fsp3) is 0.200. The van der Waals surface area contributed by atoms with Gasteiger partial charge in [0.25, 0.3) is 5.91 Å². The van der Waals surface area contributed by atoms with Crippen molar-refractivity contribution in [2.45, 2.75) is 26.3 Å². The number of carbonyl (C=O) groups is 1. The average Bonchev–Trinajstić information content (AvgIpc) is 3.30. The number of nitrogens with zero attached hydrogens (tertiary/aromatic N) is 3. The molecule has 0 aliphatic heterocycles. The number of fused-ring (bicyclic) bond motifs is 1. The molecule has 0 saturated heterocycles. The lowest BCUT2D eigenvalue weighted by molar-refractivity contribution is 0.101. The van der Waals surface area contributed by atoms with Crippen LogP contribution in [0.25, 0.3) is 11.0 Å². The third kappa shape index (κ3) is 4.28. The first-order chi connectivity index (χ1) is 14.6. The quantitative estimate of drug-likeness (QED) is 0.450. The Morgan fingerprint density at radius 2 is 1.90 bits per heavy atom. The van der Waals surface area contributed by atoms with Crippen LogP contribution < -0.4 is 15.8 Å². The van der Waals surface area contributed by atoms with Gasteiger partial charge in [-0.1, -0.05) is 23.2 Å². The zero-order valence-corrected chi connectivity index (χ0v) is 18.2. The van der Waals surface area contributed by atoms with Crippen molar-refractivity contribution in [1.29, 1.82) is 0 Å². The van der Waals surface area contributed by atoms with E-state index < -0.39 is 11.7 Å². The van der Waals surface area contributed by atoms with E-state index in [-0.39, 0.29) is 32.8 Å². The molecule has 0 fully saturated rings. The van der Waals surface area contributed by atoms with E-state index in [2.05, 4.69) is 45.7 Å². The number of rotatable bonds is 4. The Balaban J connectivity index is 1.60. The second-order valence-electron chi connectivity index (χ2n) is 7.70. The van der Waals surface area contributed by atoms with Crippen molar-refractivity contribution >= 4 is 45.8 Å². The number of benzene rings is 2. The zero-order chi connectivity index (χ0) is 22.3. The summed E-state index contributed by atoms with van der Waals surface area (Å²) in [6, 6.07) is 8.41. The molecule has 1 amide bonds. The number of nitrogens with one attached hydrogen (secondary N) is 2. The van der Waals surface area contributed by atoms with Gasteiger partial charge in [-0.3, -0.25) is 14.3 Å². The molecule has 11 heteroatoms. The van der Waals surface area contributed by atoms with Gasteiger partial charge in [0.1, 0.15) is 5.75 Å². The van der Waals surface area contributed by atoms with Crippen LogP contribution in [0.2, 0.25) is 10.0 Å². The summed E-state index contributed by atoms with van der Waals surface area (Å²) >= 11 is 12.7. The highest BCUT2D eigenvalue weighted by atomic mass is 35.5. The number of imidazole rings is 1. The lowest BCUT2D eigenvalue weighted by Crippen LogP contribution is -2.20. The molecule has 0 saturated carbocycles. The Labute approximate surface area is 185 Å². The van der Waals surface area contributed by atoms with E-state index in [1.807, 2.05) is 16.7 Å². The summed E-state index contributed by atoms with van der Waals surface area (Å²) in [5.41, 5.74) is 1.88. The number of carbonyl (C=O) groups excluding carboxylic acids is 1. The molecule has 0 radical (unpaired) electrons. The van der Waals surface area contributed by atoms with E-state index in [1.54, 1.807) is 12.4 Å². The molecular weight excluding hydrogens is 445 g/mol. The van der Waals surface area contributed by atoms with Gasteiger partial charge in [0, 0.05) is 17.3 Å². The smallest absolute Gasteiger partial charge is 0.439 e. The maximum atomic E-state index is 12.1. The lowest BCUT2D eigenvalue weighted by Gasteiger charge is -2.21. The first-order valence-corrected chi connectivity index (χ1v) is 9.89. The van der Waals surface area contributed by atoms with E-state index >= 15 is 0 Å². The molecule has 4 aromatic rings. The summed E-state index contributed by atoms with van der Waals surface area (Å²) < 4.78 is 12.3. The molecule has 0 spiro atoms. The van der Waals surface area contributed by atoms with Crippen LogP contribution in [0.1, 0.15) is 31.4 Å². The Kier molecular flexibility index (Phi) is 5.24. The van der Waals surface area contributed by atoms with Gasteiger partial charge >= 0.3 is 5.76 Å². The number of ether oxygens (including phenoxy) is 1. The molecule has 0 unspecified atom stereocenters. The number of halogens is 2. The summed E-state index contributed by atoms with van der Waals surface area (Å²) in [7, 11) is 0. The fourth-order valence-electron chi connectivity index (χ4n) is 2.95. The normalized spacial score (nSPS) is 11.6. The number of aromatic amines is 1. The Morgan fingerprint density at radius 3 is 2.52 bits per heavy atom. The van der Waals surface area contributed by atoms with Gasteiger partial charge in [0.15, 0.2) is 5.75 Å². The second-order valence-corrected chi connectivity index (χ2v) is 8.52. The van der Waals surface area contributed by atoms with Crippen molar-refractivity contribution in [1.82, 2.24) is 19.7 Å². The molecule has 2 aromatic carbocycles. The van der Waals surface area contributed by atoms with Crippen molar-refractivity contribution in [2.24, 2.45) is 0 Å². The third-order valence-electron chi connectivity index (χ3n) is 4.37. The minimum Gasteiger partial charge on any atom is -0.454 e. The minimum absolute atomic E-state index is 0.156. The highest BCUT2D eigenvalue weighted by Gasteiger charge is 2.18. The summed E-state index contributed by atoms with van der Waals surface area (Å²) in [4.78, 5) is 29.7. The topological polar surface area (TPSA) is 115 Å². The monoisotopic (exact) mass is 461 g/mol. The van der Waals surface area contributed by atoms with E-state index in [1.165, 1.54) is 12.1 Å². The number of hydrogen-bond donors (Lipinski definition) is 2. The average molecular weight is 462 g/mol. The summed E-state index contributed by atoms with van der Waals surface area (Å²) in [6.07, 6.45) is 1.79. The Hall–Kier alpha value is -3.30. The van der Waals surface area contributed by atoms with Crippen molar-refractivity contribution in [3.05, 3.63) is 63.1 Å². The SMILES string of the molecule is CC(C)(C)n1cnc2ccc(Oc3c(Cl)cc(NC(=O)c4noc(=O)[nH]4)cc3Cl)cc21. The number of anilines is 1. The third-order valence-corrected chi connectivity index (χ3v) is 4.93. The number of H-pyrrole nitrogens is 1. The van der Waals surface area contributed by atoms with Crippen molar-refractivity contribution < 1.29 is 14.1 Å². The van der Waals surface area contributed by atoms with Crippen LogP contribution in [0.3, 0.4) is 0 Å². The van der Waals surface area contributed by atoms with E-state index in [0.717, 1.165) is 11.0 Å². The molecule has 2 heterocycles. The van der Waals surface area contributed by atoms with Crippen molar-refractivity contribution in [3.63, 3.8) is 0 Å². The van der Waals surface area contributed by atoms with Gasteiger partial charge < -0.3 is 14.6 Å². The van der Waals surface area contributed by atoms with E-state index in [9.17, 15) is 9.59 Å². The summed E-state index contributed by atoms with van der Waals surface area (Å²) in [6.45, 7) is 6.24. The van der Waals surface area contributed by atoms with Crippen LogP contribution in [-0.4, -0.2) is 25.6 Å². The minimum atomic E-state index is -0.838. The Bertz CT molecular complexity index is 1330. The predicted molar refractivity (Wildman–Crippen MR) is 116 cm³/mol. The second kappa shape index (κ2) is 7.75. The first-order valence-electron chi connectivity index (χ1n) is 9.13. The van der Waals surface area contributed by atoms with Gasteiger partial charge in [-0.15, -0.1) is 0 Å². The summed E-state index contributed by atoms with van der Waals surface area (Å²) in [5.74, 6) is -1.04. The predicted octanol–water partition coefficient (Wildman–Crippen LogP) is 4.82. The van der Waals surface area contributed by atoms with Gasteiger partial charge in [-0.05, 0) is 50.2 Å². The molecule has 0 aliphatic carbocycles. The highest BCUT2D eigenvalue weighted by molar-refractivity contribution is 6.37. The van der Waals surface area contributed by atoms with Gasteiger partial charge in [-0.25, -0.2) is 9.78 Å². The molecule has 0 bridgehead atoms. The lowest BCUT2D eigenvalue weighted by atomic mass is 10.1.